The van der Waals surface area contributed by atoms with Crippen LogP contribution in [0.4, 0.5) is 0 Å². The van der Waals surface area contributed by atoms with E-state index in [9.17, 15) is 0 Å². The largest absolute Gasteiger partial charge is 0.497 e. The molecule has 128 valence electrons. The molecule has 2 aliphatic heterocycles. The van der Waals surface area contributed by atoms with E-state index in [1.807, 2.05) is 6.07 Å². The summed E-state index contributed by atoms with van der Waals surface area (Å²) in [6.07, 6.45) is 4.06. The molecule has 0 saturated carbocycles. The van der Waals surface area contributed by atoms with Crippen LogP contribution in [-0.4, -0.2) is 50.9 Å². The highest BCUT2D eigenvalue weighted by molar-refractivity contribution is 5.28. The molecule has 0 aromatic heterocycles. The molecule has 1 N–H and O–H groups in total. The van der Waals surface area contributed by atoms with Crippen LogP contribution in [-0.2, 0) is 11.3 Å². The zero-order valence-electron chi connectivity index (χ0n) is 14.5. The second kappa shape index (κ2) is 7.65. The van der Waals surface area contributed by atoms with Crippen molar-refractivity contribution in [2.75, 3.05) is 39.9 Å². The van der Waals surface area contributed by atoms with Gasteiger partial charge in [0.05, 0.1) is 13.2 Å². The summed E-state index contributed by atoms with van der Waals surface area (Å²) < 4.78 is 11.3. The molecule has 4 nitrogen and oxygen atoms in total. The van der Waals surface area contributed by atoms with Crippen LogP contribution in [0.1, 0.15) is 31.7 Å². The van der Waals surface area contributed by atoms with Crippen LogP contribution in [0.5, 0.6) is 5.75 Å². The van der Waals surface area contributed by atoms with E-state index >= 15 is 0 Å². The number of benzene rings is 1. The highest BCUT2D eigenvalue weighted by atomic mass is 16.5. The maximum Gasteiger partial charge on any atom is 0.119 e. The van der Waals surface area contributed by atoms with E-state index in [0.29, 0.717) is 11.5 Å². The normalized spacial score (nSPS) is 27.7. The Balaban J connectivity index is 1.67. The smallest absolute Gasteiger partial charge is 0.119 e. The molecular formula is C19H30N2O2. The summed E-state index contributed by atoms with van der Waals surface area (Å²) in [4.78, 5) is 2.58. The number of nitrogens with one attached hydrogen (secondary N) is 1. The Morgan fingerprint density at radius 2 is 2.35 bits per heavy atom. The summed E-state index contributed by atoms with van der Waals surface area (Å²) >= 11 is 0. The van der Waals surface area contributed by atoms with Crippen LogP contribution in [0.3, 0.4) is 0 Å². The van der Waals surface area contributed by atoms with Gasteiger partial charge in [-0.1, -0.05) is 19.1 Å². The molecule has 1 aromatic rings. The number of nitrogens with zero attached hydrogens (tertiary/aromatic N) is 1. The van der Waals surface area contributed by atoms with E-state index in [4.69, 9.17) is 9.47 Å². The van der Waals surface area contributed by atoms with Crippen molar-refractivity contribution < 1.29 is 9.47 Å². The second-order valence-corrected chi connectivity index (χ2v) is 7.39. The molecule has 3 rings (SSSR count). The SMILES string of the molecule is COc1cccc(CN(CC2CCCO2)CC2(C)CCNC2)c1. The first kappa shape index (κ1) is 16.7. The number of ether oxygens (including phenoxy) is 2. The first-order valence-electron chi connectivity index (χ1n) is 8.84. The molecule has 2 aliphatic rings. The van der Waals surface area contributed by atoms with Gasteiger partial charge in [-0.25, -0.2) is 0 Å². The maximum absolute atomic E-state index is 5.88. The Hall–Kier alpha value is -1.10. The highest BCUT2D eigenvalue weighted by Gasteiger charge is 2.32. The molecule has 1 aromatic carbocycles. The molecule has 2 saturated heterocycles. The van der Waals surface area contributed by atoms with Gasteiger partial charge in [-0.05, 0) is 48.9 Å². The molecule has 2 unspecified atom stereocenters. The average Bonchev–Trinajstić information content (AvgIpc) is 3.19. The van der Waals surface area contributed by atoms with Gasteiger partial charge in [-0.3, -0.25) is 4.90 Å². The van der Waals surface area contributed by atoms with Crippen LogP contribution in [0.15, 0.2) is 24.3 Å². The van der Waals surface area contributed by atoms with Crippen molar-refractivity contribution in [2.24, 2.45) is 5.41 Å². The van der Waals surface area contributed by atoms with Crippen molar-refractivity contribution in [2.45, 2.75) is 38.8 Å². The minimum Gasteiger partial charge on any atom is -0.497 e. The number of hydrogen-bond acceptors (Lipinski definition) is 4. The summed E-state index contributed by atoms with van der Waals surface area (Å²) in [5.41, 5.74) is 1.69. The summed E-state index contributed by atoms with van der Waals surface area (Å²) in [7, 11) is 1.73. The summed E-state index contributed by atoms with van der Waals surface area (Å²) in [6.45, 7) is 8.71. The predicted molar refractivity (Wildman–Crippen MR) is 92.8 cm³/mol. The zero-order chi connectivity index (χ0) is 16.1. The lowest BCUT2D eigenvalue weighted by molar-refractivity contribution is 0.0558. The van der Waals surface area contributed by atoms with Gasteiger partial charge in [-0.2, -0.15) is 0 Å². The molecule has 0 radical (unpaired) electrons. The van der Waals surface area contributed by atoms with E-state index in [-0.39, 0.29) is 0 Å². The molecule has 0 aliphatic carbocycles. The fourth-order valence-corrected chi connectivity index (χ4v) is 3.83. The van der Waals surface area contributed by atoms with Gasteiger partial charge >= 0.3 is 0 Å². The predicted octanol–water partition coefficient (Wildman–Crippen LogP) is 2.68. The Morgan fingerprint density at radius 3 is 3.04 bits per heavy atom. The third-order valence-corrected chi connectivity index (χ3v) is 5.09. The molecule has 2 fully saturated rings. The zero-order valence-corrected chi connectivity index (χ0v) is 14.5. The van der Waals surface area contributed by atoms with Crippen LogP contribution < -0.4 is 10.1 Å². The van der Waals surface area contributed by atoms with Gasteiger partial charge < -0.3 is 14.8 Å². The van der Waals surface area contributed by atoms with E-state index in [0.717, 1.165) is 45.1 Å². The molecule has 0 spiro atoms. The van der Waals surface area contributed by atoms with Gasteiger partial charge in [-0.15, -0.1) is 0 Å². The third kappa shape index (κ3) is 4.69. The van der Waals surface area contributed by atoms with E-state index in [1.54, 1.807) is 7.11 Å². The topological polar surface area (TPSA) is 33.7 Å². The first-order chi connectivity index (χ1) is 11.2. The molecule has 4 heteroatoms. The maximum atomic E-state index is 5.88. The van der Waals surface area contributed by atoms with Crippen molar-refractivity contribution in [3.8, 4) is 5.75 Å². The highest BCUT2D eigenvalue weighted by Crippen LogP contribution is 2.28. The van der Waals surface area contributed by atoms with Gasteiger partial charge in [0.2, 0.25) is 0 Å². The molecule has 23 heavy (non-hydrogen) atoms. The van der Waals surface area contributed by atoms with Gasteiger partial charge in [0.25, 0.3) is 0 Å². The van der Waals surface area contributed by atoms with E-state index < -0.39 is 0 Å². The van der Waals surface area contributed by atoms with Crippen molar-refractivity contribution in [3.63, 3.8) is 0 Å². The molecule has 2 atom stereocenters. The Kier molecular flexibility index (Phi) is 5.57. The molecular weight excluding hydrogens is 288 g/mol. The average molecular weight is 318 g/mol. The van der Waals surface area contributed by atoms with Crippen molar-refractivity contribution >= 4 is 0 Å². The lowest BCUT2D eigenvalue weighted by atomic mass is 9.89. The summed E-state index contributed by atoms with van der Waals surface area (Å²) in [5.74, 6) is 0.938. The Labute approximate surface area is 140 Å². The lowest BCUT2D eigenvalue weighted by Gasteiger charge is -2.33. The van der Waals surface area contributed by atoms with Gasteiger partial charge in [0.15, 0.2) is 0 Å². The quantitative estimate of drug-likeness (QED) is 0.838. The van der Waals surface area contributed by atoms with E-state index in [2.05, 4.69) is 35.3 Å². The summed E-state index contributed by atoms with van der Waals surface area (Å²) in [6, 6.07) is 8.44. The fraction of sp³-hybridized carbons (Fsp3) is 0.684. The number of rotatable bonds is 7. The minimum atomic E-state index is 0.372. The third-order valence-electron chi connectivity index (χ3n) is 5.09. The Morgan fingerprint density at radius 1 is 1.43 bits per heavy atom. The standard InChI is InChI=1S/C19H30N2O2/c1-19(8-9-20-14-19)15-21(13-18-7-4-10-23-18)12-16-5-3-6-17(11-16)22-2/h3,5-6,11,18,20H,4,7-10,12-15H2,1-2H3. The van der Waals surface area contributed by atoms with E-state index in [1.165, 1.54) is 24.8 Å². The van der Waals surface area contributed by atoms with Crippen LogP contribution in [0.25, 0.3) is 0 Å². The minimum absolute atomic E-state index is 0.372. The van der Waals surface area contributed by atoms with Crippen LogP contribution in [0, 0.1) is 5.41 Å². The first-order valence-corrected chi connectivity index (χ1v) is 8.84. The van der Waals surface area contributed by atoms with Crippen molar-refractivity contribution in [3.05, 3.63) is 29.8 Å². The fourth-order valence-electron chi connectivity index (χ4n) is 3.83. The molecule has 0 amide bonds. The number of hydrogen-bond donors (Lipinski definition) is 1. The van der Waals surface area contributed by atoms with Gasteiger partial charge in [0.1, 0.15) is 5.75 Å². The van der Waals surface area contributed by atoms with Crippen LogP contribution in [0.2, 0.25) is 0 Å². The van der Waals surface area contributed by atoms with Crippen LogP contribution >= 0.6 is 0 Å². The van der Waals surface area contributed by atoms with Crippen molar-refractivity contribution in [1.82, 2.24) is 10.2 Å². The monoisotopic (exact) mass is 318 g/mol. The number of methoxy groups -OCH3 is 1. The summed E-state index contributed by atoms with van der Waals surface area (Å²) in [5, 5.41) is 3.52. The Bertz CT molecular complexity index is 494. The molecule has 2 heterocycles. The van der Waals surface area contributed by atoms with Gasteiger partial charge in [0, 0.05) is 32.8 Å². The second-order valence-electron chi connectivity index (χ2n) is 7.39. The van der Waals surface area contributed by atoms with Crippen molar-refractivity contribution in [1.29, 1.82) is 0 Å². The lowest BCUT2D eigenvalue weighted by Crippen LogP contribution is -2.40. The molecule has 0 bridgehead atoms.